The number of benzene rings is 1. The third-order valence-corrected chi connectivity index (χ3v) is 3.34. The molecule has 0 fully saturated rings. The minimum absolute atomic E-state index is 0.902. The second kappa shape index (κ2) is 4.43. The highest BCUT2D eigenvalue weighted by Gasteiger charge is 2.07. The molecule has 0 aliphatic heterocycles. The number of fused-ring (bicyclic) bond motifs is 1. The van der Waals surface area contributed by atoms with Crippen molar-refractivity contribution in [1.29, 1.82) is 0 Å². The highest BCUT2D eigenvalue weighted by molar-refractivity contribution is 5.93. The summed E-state index contributed by atoms with van der Waals surface area (Å²) < 4.78 is 0. The van der Waals surface area contributed by atoms with Crippen LogP contribution in [0.5, 0.6) is 0 Å². The Bertz CT molecular complexity index is 763. The molecule has 2 heterocycles. The number of aryl methyl sites for hydroxylation is 3. The van der Waals surface area contributed by atoms with E-state index in [0.29, 0.717) is 0 Å². The molecule has 0 amide bonds. The molecule has 0 saturated heterocycles. The minimum atomic E-state index is 0.902. The normalized spacial score (nSPS) is 10.9. The lowest BCUT2D eigenvalue weighted by Gasteiger charge is -2.07. The first-order valence-corrected chi connectivity index (χ1v) is 6.32. The second-order valence-corrected chi connectivity index (χ2v) is 4.75. The number of nitrogens with zero attached hydrogens (tertiary/aromatic N) is 3. The van der Waals surface area contributed by atoms with Gasteiger partial charge < -0.3 is 0 Å². The van der Waals surface area contributed by atoms with Gasteiger partial charge in [-0.1, -0.05) is 18.2 Å². The van der Waals surface area contributed by atoms with E-state index >= 15 is 0 Å². The number of aromatic nitrogens is 3. The van der Waals surface area contributed by atoms with Crippen molar-refractivity contribution in [3.63, 3.8) is 0 Å². The largest absolute Gasteiger partial charge is 0.257 e. The Hall–Kier alpha value is -2.29. The number of hydrogen-bond acceptors (Lipinski definition) is 3. The van der Waals surface area contributed by atoms with Gasteiger partial charge in [-0.15, -0.1) is 0 Å². The van der Waals surface area contributed by atoms with E-state index in [-0.39, 0.29) is 0 Å². The van der Waals surface area contributed by atoms with Crippen LogP contribution in [0.4, 0.5) is 0 Å². The monoisotopic (exact) mass is 249 g/mol. The standard InChI is InChI=1S/C16H15N3/c1-10-7-8-14-13(5-4-6-15(14)18-10)16-9-17-11(2)12(3)19-16/h4-9H,1-3H3. The molecule has 0 unspecified atom stereocenters. The Morgan fingerprint density at radius 3 is 2.47 bits per heavy atom. The zero-order valence-corrected chi connectivity index (χ0v) is 11.3. The summed E-state index contributed by atoms with van der Waals surface area (Å²) in [4.78, 5) is 13.6. The molecule has 94 valence electrons. The van der Waals surface area contributed by atoms with Crippen molar-refractivity contribution >= 4 is 10.9 Å². The lowest BCUT2D eigenvalue weighted by molar-refractivity contribution is 1.05. The summed E-state index contributed by atoms with van der Waals surface area (Å²) in [6, 6.07) is 10.2. The minimum Gasteiger partial charge on any atom is -0.257 e. The topological polar surface area (TPSA) is 38.7 Å². The molecule has 0 aliphatic carbocycles. The summed E-state index contributed by atoms with van der Waals surface area (Å²) in [5.74, 6) is 0. The van der Waals surface area contributed by atoms with Crippen molar-refractivity contribution in [2.75, 3.05) is 0 Å². The predicted octanol–water partition coefficient (Wildman–Crippen LogP) is 3.62. The Morgan fingerprint density at radius 2 is 1.68 bits per heavy atom. The van der Waals surface area contributed by atoms with Crippen LogP contribution in [0.15, 0.2) is 36.5 Å². The van der Waals surface area contributed by atoms with Gasteiger partial charge in [0.2, 0.25) is 0 Å². The molecular formula is C16H15N3. The highest BCUT2D eigenvalue weighted by atomic mass is 14.8. The van der Waals surface area contributed by atoms with Crippen molar-refractivity contribution in [1.82, 2.24) is 15.0 Å². The first kappa shape index (κ1) is 11.8. The Labute approximate surface area is 112 Å². The van der Waals surface area contributed by atoms with Crippen molar-refractivity contribution in [2.45, 2.75) is 20.8 Å². The SMILES string of the molecule is Cc1ccc2c(-c3cnc(C)c(C)n3)cccc2n1. The molecule has 0 saturated carbocycles. The van der Waals surface area contributed by atoms with Crippen LogP contribution in [0.3, 0.4) is 0 Å². The fourth-order valence-corrected chi connectivity index (χ4v) is 2.15. The van der Waals surface area contributed by atoms with Crippen molar-refractivity contribution in [2.24, 2.45) is 0 Å². The fourth-order valence-electron chi connectivity index (χ4n) is 2.15. The van der Waals surface area contributed by atoms with Crippen LogP contribution >= 0.6 is 0 Å². The number of pyridine rings is 1. The van der Waals surface area contributed by atoms with Crippen LogP contribution < -0.4 is 0 Å². The molecule has 1 aromatic carbocycles. The average molecular weight is 249 g/mol. The number of hydrogen-bond donors (Lipinski definition) is 0. The first-order chi connectivity index (χ1) is 9.15. The van der Waals surface area contributed by atoms with E-state index in [1.807, 2.05) is 45.2 Å². The average Bonchev–Trinajstić information content (AvgIpc) is 2.41. The van der Waals surface area contributed by atoms with Crippen molar-refractivity contribution < 1.29 is 0 Å². The van der Waals surface area contributed by atoms with E-state index in [1.165, 1.54) is 0 Å². The first-order valence-electron chi connectivity index (χ1n) is 6.32. The lowest BCUT2D eigenvalue weighted by Crippen LogP contribution is -1.95. The van der Waals surface area contributed by atoms with Crippen LogP contribution in [0.2, 0.25) is 0 Å². The zero-order chi connectivity index (χ0) is 13.4. The molecule has 2 aromatic heterocycles. The maximum atomic E-state index is 4.63. The van der Waals surface area contributed by atoms with Gasteiger partial charge in [0.15, 0.2) is 0 Å². The van der Waals surface area contributed by atoms with Gasteiger partial charge >= 0.3 is 0 Å². The molecule has 0 radical (unpaired) electrons. The van der Waals surface area contributed by atoms with Crippen molar-refractivity contribution in [3.05, 3.63) is 53.6 Å². The lowest BCUT2D eigenvalue weighted by atomic mass is 10.1. The summed E-state index contributed by atoms with van der Waals surface area (Å²) in [5.41, 5.74) is 5.95. The van der Waals surface area contributed by atoms with E-state index in [2.05, 4.69) is 27.1 Å². The third kappa shape index (κ3) is 2.08. The molecule has 0 aliphatic rings. The summed E-state index contributed by atoms with van der Waals surface area (Å²) in [5, 5.41) is 1.12. The molecule has 3 aromatic rings. The van der Waals surface area contributed by atoms with Gasteiger partial charge in [-0.2, -0.15) is 0 Å². The van der Waals surface area contributed by atoms with E-state index in [9.17, 15) is 0 Å². The van der Waals surface area contributed by atoms with Crippen LogP contribution in [0.25, 0.3) is 22.2 Å². The highest BCUT2D eigenvalue weighted by Crippen LogP contribution is 2.26. The maximum absolute atomic E-state index is 4.63. The van der Waals surface area contributed by atoms with Gasteiger partial charge in [0.1, 0.15) is 0 Å². The van der Waals surface area contributed by atoms with E-state index < -0.39 is 0 Å². The summed E-state index contributed by atoms with van der Waals surface area (Å²) in [7, 11) is 0. The van der Waals surface area contributed by atoms with Crippen LogP contribution in [-0.4, -0.2) is 15.0 Å². The molecule has 0 bridgehead atoms. The van der Waals surface area contributed by atoms with Gasteiger partial charge in [-0.3, -0.25) is 9.97 Å². The summed E-state index contributed by atoms with van der Waals surface area (Å²) >= 11 is 0. The molecule has 0 spiro atoms. The van der Waals surface area contributed by atoms with E-state index in [4.69, 9.17) is 0 Å². The van der Waals surface area contributed by atoms with Crippen molar-refractivity contribution in [3.8, 4) is 11.3 Å². The van der Waals surface area contributed by atoms with Crippen LogP contribution in [0.1, 0.15) is 17.1 Å². The van der Waals surface area contributed by atoms with Gasteiger partial charge in [-0.25, -0.2) is 4.98 Å². The van der Waals surface area contributed by atoms with E-state index in [1.54, 1.807) is 0 Å². The molecular weight excluding hydrogens is 234 g/mol. The Balaban J connectivity index is 2.27. The predicted molar refractivity (Wildman–Crippen MR) is 77.0 cm³/mol. The molecule has 3 heteroatoms. The Kier molecular flexibility index (Phi) is 2.75. The molecule has 3 nitrogen and oxygen atoms in total. The maximum Gasteiger partial charge on any atom is 0.0895 e. The molecule has 0 N–H and O–H groups in total. The second-order valence-electron chi connectivity index (χ2n) is 4.75. The Morgan fingerprint density at radius 1 is 0.842 bits per heavy atom. The van der Waals surface area contributed by atoms with Gasteiger partial charge in [0.25, 0.3) is 0 Å². The summed E-state index contributed by atoms with van der Waals surface area (Å²) in [6.45, 7) is 5.96. The molecule has 0 atom stereocenters. The summed E-state index contributed by atoms with van der Waals surface area (Å²) in [6.07, 6.45) is 1.83. The third-order valence-electron chi connectivity index (χ3n) is 3.34. The van der Waals surface area contributed by atoms with Crippen LogP contribution in [-0.2, 0) is 0 Å². The fraction of sp³-hybridized carbons (Fsp3) is 0.188. The van der Waals surface area contributed by atoms with E-state index in [0.717, 1.165) is 39.2 Å². The van der Waals surface area contributed by atoms with Gasteiger partial charge in [0, 0.05) is 16.6 Å². The molecule has 3 rings (SSSR count). The van der Waals surface area contributed by atoms with Gasteiger partial charge in [-0.05, 0) is 32.9 Å². The molecule has 19 heavy (non-hydrogen) atoms. The van der Waals surface area contributed by atoms with Gasteiger partial charge in [0.05, 0.1) is 28.8 Å². The van der Waals surface area contributed by atoms with Crippen LogP contribution in [0, 0.1) is 20.8 Å². The number of rotatable bonds is 1. The zero-order valence-electron chi connectivity index (χ0n) is 11.3. The smallest absolute Gasteiger partial charge is 0.0895 e. The quantitative estimate of drug-likeness (QED) is 0.661.